The third-order valence-corrected chi connectivity index (χ3v) is 4.11. The van der Waals surface area contributed by atoms with Gasteiger partial charge in [0.1, 0.15) is 6.33 Å². The molecule has 1 fully saturated rings. The minimum Gasteiger partial charge on any atom is -0.310 e. The molecule has 2 aliphatic rings. The highest BCUT2D eigenvalue weighted by Crippen LogP contribution is 2.22. The Balaban J connectivity index is 1.54. The minimum absolute atomic E-state index is 0.718. The molecule has 0 unspecified atom stereocenters. The molecular formula is C15H19N5. The number of rotatable bonds is 4. The van der Waals surface area contributed by atoms with Gasteiger partial charge in [-0.15, -0.1) is 0 Å². The fraction of sp³-hybridized carbons (Fsp3) is 0.533. The van der Waals surface area contributed by atoms with Crippen LogP contribution < -0.4 is 5.32 Å². The molecule has 4 rings (SSSR count). The van der Waals surface area contributed by atoms with E-state index >= 15 is 0 Å². The number of aromatic nitrogens is 4. The molecule has 1 N–H and O–H groups in total. The van der Waals surface area contributed by atoms with Crippen molar-refractivity contribution < 1.29 is 0 Å². The molecule has 0 spiro atoms. The minimum atomic E-state index is 0.718. The molecule has 5 heteroatoms. The van der Waals surface area contributed by atoms with Gasteiger partial charge in [0, 0.05) is 36.2 Å². The van der Waals surface area contributed by atoms with Crippen LogP contribution in [0.5, 0.6) is 0 Å². The Morgan fingerprint density at radius 1 is 1.10 bits per heavy atom. The highest BCUT2D eigenvalue weighted by molar-refractivity contribution is 5.25. The van der Waals surface area contributed by atoms with Crippen LogP contribution in [0.4, 0.5) is 0 Å². The zero-order valence-electron chi connectivity index (χ0n) is 11.5. The van der Waals surface area contributed by atoms with Crippen LogP contribution >= 0.6 is 0 Å². The highest BCUT2D eigenvalue weighted by Gasteiger charge is 2.20. The SMILES string of the molecule is c1nc(-n2cnc3c2CCCC3)ncc1CNC1CC1. The number of nitrogens with one attached hydrogen (secondary N) is 1. The van der Waals surface area contributed by atoms with Crippen molar-refractivity contribution >= 4 is 0 Å². The number of aryl methyl sites for hydroxylation is 1. The molecule has 2 aromatic rings. The highest BCUT2D eigenvalue weighted by atomic mass is 15.2. The van der Waals surface area contributed by atoms with Crippen LogP contribution in [0.3, 0.4) is 0 Å². The lowest BCUT2D eigenvalue weighted by atomic mass is 10.0. The molecule has 104 valence electrons. The fourth-order valence-corrected chi connectivity index (χ4v) is 2.75. The molecule has 0 amide bonds. The smallest absolute Gasteiger partial charge is 0.235 e. The van der Waals surface area contributed by atoms with Gasteiger partial charge in [0.2, 0.25) is 5.95 Å². The van der Waals surface area contributed by atoms with Crippen molar-refractivity contribution in [2.75, 3.05) is 0 Å². The first-order valence-electron chi connectivity index (χ1n) is 7.50. The third-order valence-electron chi connectivity index (χ3n) is 4.11. The lowest BCUT2D eigenvalue weighted by Gasteiger charge is -2.13. The third kappa shape index (κ3) is 2.33. The van der Waals surface area contributed by atoms with E-state index in [0.29, 0.717) is 0 Å². The molecule has 0 bridgehead atoms. The maximum absolute atomic E-state index is 4.50. The quantitative estimate of drug-likeness (QED) is 0.919. The van der Waals surface area contributed by atoms with E-state index in [-0.39, 0.29) is 0 Å². The van der Waals surface area contributed by atoms with E-state index < -0.39 is 0 Å². The molecule has 0 aromatic carbocycles. The van der Waals surface area contributed by atoms with Crippen molar-refractivity contribution in [1.82, 2.24) is 24.8 Å². The normalized spacial score (nSPS) is 18.0. The van der Waals surface area contributed by atoms with Gasteiger partial charge in [-0.2, -0.15) is 0 Å². The first-order chi connectivity index (χ1) is 9.90. The molecule has 2 aliphatic carbocycles. The Morgan fingerprint density at radius 3 is 2.70 bits per heavy atom. The summed E-state index contributed by atoms with van der Waals surface area (Å²) >= 11 is 0. The Kier molecular flexibility index (Phi) is 2.99. The molecule has 0 radical (unpaired) electrons. The second-order valence-electron chi connectivity index (χ2n) is 5.76. The molecule has 20 heavy (non-hydrogen) atoms. The monoisotopic (exact) mass is 269 g/mol. The molecule has 0 atom stereocenters. The average molecular weight is 269 g/mol. The largest absolute Gasteiger partial charge is 0.310 e. The lowest BCUT2D eigenvalue weighted by molar-refractivity contribution is 0.650. The van der Waals surface area contributed by atoms with Crippen LogP contribution in [0.1, 0.15) is 42.6 Å². The molecule has 2 heterocycles. The summed E-state index contributed by atoms with van der Waals surface area (Å²) in [5.74, 6) is 0.746. The van der Waals surface area contributed by atoms with Crippen molar-refractivity contribution in [1.29, 1.82) is 0 Å². The van der Waals surface area contributed by atoms with Gasteiger partial charge in [0.05, 0.1) is 5.69 Å². The van der Waals surface area contributed by atoms with E-state index in [1.807, 2.05) is 23.3 Å². The standard InChI is InChI=1S/C15H19N5/c1-2-4-14-13(3-1)19-10-20(14)15-17-8-11(9-18-15)7-16-12-5-6-12/h8-10,12,16H,1-7H2. The Labute approximate surface area is 118 Å². The summed E-state index contributed by atoms with van der Waals surface area (Å²) in [5, 5.41) is 3.48. The molecular weight excluding hydrogens is 250 g/mol. The number of nitrogens with zero attached hydrogens (tertiary/aromatic N) is 4. The van der Waals surface area contributed by atoms with E-state index in [4.69, 9.17) is 0 Å². The van der Waals surface area contributed by atoms with Crippen molar-refractivity contribution in [3.63, 3.8) is 0 Å². The Morgan fingerprint density at radius 2 is 1.90 bits per heavy atom. The number of hydrogen-bond acceptors (Lipinski definition) is 4. The summed E-state index contributed by atoms with van der Waals surface area (Å²) in [7, 11) is 0. The van der Waals surface area contributed by atoms with Gasteiger partial charge in [0.15, 0.2) is 0 Å². The van der Waals surface area contributed by atoms with Gasteiger partial charge < -0.3 is 5.32 Å². The second kappa shape index (κ2) is 4.98. The van der Waals surface area contributed by atoms with Gasteiger partial charge in [-0.1, -0.05) is 0 Å². The summed E-state index contributed by atoms with van der Waals surface area (Å²) in [6.07, 6.45) is 13.0. The van der Waals surface area contributed by atoms with Crippen LogP contribution in [0, 0.1) is 0 Å². The lowest BCUT2D eigenvalue weighted by Crippen LogP contribution is -2.16. The molecule has 5 nitrogen and oxygen atoms in total. The van der Waals surface area contributed by atoms with Crippen LogP contribution in [-0.4, -0.2) is 25.6 Å². The summed E-state index contributed by atoms with van der Waals surface area (Å²) in [5.41, 5.74) is 3.66. The van der Waals surface area contributed by atoms with Crippen LogP contribution in [-0.2, 0) is 19.4 Å². The summed E-state index contributed by atoms with van der Waals surface area (Å²) in [4.78, 5) is 13.5. The van der Waals surface area contributed by atoms with Gasteiger partial charge in [-0.25, -0.2) is 15.0 Å². The van der Waals surface area contributed by atoms with Crippen molar-refractivity contribution in [2.24, 2.45) is 0 Å². The molecule has 2 aromatic heterocycles. The maximum atomic E-state index is 4.50. The first kappa shape index (κ1) is 12.0. The van der Waals surface area contributed by atoms with Crippen molar-refractivity contribution in [2.45, 2.75) is 51.1 Å². The molecule has 0 saturated heterocycles. The number of hydrogen-bond donors (Lipinski definition) is 1. The summed E-state index contributed by atoms with van der Waals surface area (Å²) in [6, 6.07) is 0.718. The van der Waals surface area contributed by atoms with Crippen LogP contribution in [0.15, 0.2) is 18.7 Å². The van der Waals surface area contributed by atoms with E-state index in [9.17, 15) is 0 Å². The van der Waals surface area contributed by atoms with Crippen LogP contribution in [0.25, 0.3) is 5.95 Å². The van der Waals surface area contributed by atoms with Gasteiger partial charge in [-0.05, 0) is 38.5 Å². The zero-order valence-corrected chi connectivity index (χ0v) is 11.5. The topological polar surface area (TPSA) is 55.6 Å². The van der Waals surface area contributed by atoms with E-state index in [1.54, 1.807) is 0 Å². The van der Waals surface area contributed by atoms with E-state index in [2.05, 4.69) is 20.3 Å². The summed E-state index contributed by atoms with van der Waals surface area (Å²) < 4.78 is 2.05. The Hall–Kier alpha value is -1.75. The van der Waals surface area contributed by atoms with E-state index in [0.717, 1.165) is 36.9 Å². The fourth-order valence-electron chi connectivity index (χ4n) is 2.75. The molecule has 0 aliphatic heterocycles. The molecule has 1 saturated carbocycles. The van der Waals surface area contributed by atoms with Gasteiger partial charge >= 0.3 is 0 Å². The summed E-state index contributed by atoms with van der Waals surface area (Å²) in [6.45, 7) is 0.868. The van der Waals surface area contributed by atoms with E-state index in [1.165, 1.54) is 37.1 Å². The number of fused-ring (bicyclic) bond motifs is 1. The zero-order chi connectivity index (χ0) is 13.4. The van der Waals surface area contributed by atoms with Gasteiger partial charge in [0.25, 0.3) is 0 Å². The predicted molar refractivity (Wildman–Crippen MR) is 75.7 cm³/mol. The number of imidazole rings is 1. The van der Waals surface area contributed by atoms with Crippen LogP contribution in [0.2, 0.25) is 0 Å². The Bertz CT molecular complexity index is 597. The maximum Gasteiger partial charge on any atom is 0.235 e. The van der Waals surface area contributed by atoms with Gasteiger partial charge in [-0.3, -0.25) is 4.57 Å². The predicted octanol–water partition coefficient (Wildman–Crippen LogP) is 1.79. The first-order valence-corrected chi connectivity index (χ1v) is 7.50. The second-order valence-corrected chi connectivity index (χ2v) is 5.76. The van der Waals surface area contributed by atoms with Crippen molar-refractivity contribution in [3.05, 3.63) is 35.7 Å². The average Bonchev–Trinajstić information content (AvgIpc) is 3.23. The van der Waals surface area contributed by atoms with Crippen molar-refractivity contribution in [3.8, 4) is 5.95 Å².